The Bertz CT molecular complexity index is 981. The second-order valence-electron chi connectivity index (χ2n) is 6.01. The van der Waals surface area contributed by atoms with E-state index in [-0.39, 0.29) is 29.5 Å². The number of amides is 1. The monoisotopic (exact) mass is 351 g/mol. The van der Waals surface area contributed by atoms with Gasteiger partial charge >= 0.3 is 0 Å². The lowest BCUT2D eigenvalue weighted by atomic mass is 10.1. The molecule has 0 aliphatic heterocycles. The summed E-state index contributed by atoms with van der Waals surface area (Å²) in [6.45, 7) is 2.45. The van der Waals surface area contributed by atoms with Crippen LogP contribution in [-0.2, 0) is 13.1 Å². The summed E-state index contributed by atoms with van der Waals surface area (Å²) in [4.78, 5) is 24.3. The molecular weight excluding hydrogens is 333 g/mol. The van der Waals surface area contributed by atoms with Gasteiger partial charge in [-0.2, -0.15) is 5.10 Å². The molecule has 132 valence electrons. The fourth-order valence-corrected chi connectivity index (χ4v) is 2.47. The van der Waals surface area contributed by atoms with Crippen molar-refractivity contribution in [3.8, 4) is 0 Å². The molecule has 3 aromatic rings. The number of nitrogens with zero attached hydrogens (tertiary/aromatic N) is 2. The summed E-state index contributed by atoms with van der Waals surface area (Å²) in [6.07, 6.45) is 0. The molecule has 1 heterocycles. The number of carbonyl (C=O) groups excluding carboxylic acids is 1. The van der Waals surface area contributed by atoms with Crippen LogP contribution in [0.25, 0.3) is 0 Å². The molecule has 26 heavy (non-hydrogen) atoms. The Hall–Kier alpha value is -3.28. The minimum absolute atomic E-state index is 0.0929. The molecule has 0 aliphatic rings. The van der Waals surface area contributed by atoms with Gasteiger partial charge < -0.3 is 5.32 Å². The first kappa shape index (κ1) is 17.5. The molecule has 0 atom stereocenters. The topological polar surface area (TPSA) is 64.0 Å². The van der Waals surface area contributed by atoms with Crippen LogP contribution in [0.15, 0.2) is 65.5 Å². The number of aromatic nitrogens is 2. The van der Waals surface area contributed by atoms with Crippen LogP contribution in [0.5, 0.6) is 0 Å². The number of carbonyl (C=O) groups is 1. The van der Waals surface area contributed by atoms with Crippen molar-refractivity contribution in [3.05, 3.63) is 99.2 Å². The highest BCUT2D eigenvalue weighted by atomic mass is 19.1. The van der Waals surface area contributed by atoms with Crippen LogP contribution < -0.4 is 10.9 Å². The summed E-state index contributed by atoms with van der Waals surface area (Å²) in [5.74, 6) is -0.763. The molecule has 0 fully saturated rings. The zero-order chi connectivity index (χ0) is 18.5. The van der Waals surface area contributed by atoms with Gasteiger partial charge in [-0.1, -0.05) is 42.0 Å². The average molecular weight is 351 g/mol. The number of hydrogen-bond donors (Lipinski definition) is 1. The van der Waals surface area contributed by atoms with Crippen molar-refractivity contribution >= 4 is 5.91 Å². The zero-order valence-electron chi connectivity index (χ0n) is 14.3. The molecule has 5 nitrogen and oxygen atoms in total. The number of aryl methyl sites for hydroxylation is 1. The van der Waals surface area contributed by atoms with Crippen LogP contribution in [0, 0.1) is 12.7 Å². The van der Waals surface area contributed by atoms with Gasteiger partial charge in [-0.25, -0.2) is 9.07 Å². The summed E-state index contributed by atoms with van der Waals surface area (Å²) in [7, 11) is 0. The molecule has 2 aromatic carbocycles. The number of rotatable bonds is 5. The summed E-state index contributed by atoms with van der Waals surface area (Å²) in [6, 6.07) is 16.4. The lowest BCUT2D eigenvalue weighted by Gasteiger charge is -2.08. The van der Waals surface area contributed by atoms with E-state index in [9.17, 15) is 14.0 Å². The number of benzene rings is 2. The van der Waals surface area contributed by atoms with Gasteiger partial charge in [-0.15, -0.1) is 0 Å². The van der Waals surface area contributed by atoms with Gasteiger partial charge in [0.1, 0.15) is 11.5 Å². The van der Waals surface area contributed by atoms with Crippen molar-refractivity contribution in [1.82, 2.24) is 15.1 Å². The molecule has 0 saturated heterocycles. The molecule has 0 saturated carbocycles. The summed E-state index contributed by atoms with van der Waals surface area (Å²) >= 11 is 0. The minimum Gasteiger partial charge on any atom is -0.347 e. The van der Waals surface area contributed by atoms with Crippen LogP contribution in [0.2, 0.25) is 0 Å². The molecule has 0 unspecified atom stereocenters. The zero-order valence-corrected chi connectivity index (χ0v) is 14.3. The highest BCUT2D eigenvalue weighted by molar-refractivity contribution is 5.91. The Morgan fingerprint density at radius 2 is 1.85 bits per heavy atom. The van der Waals surface area contributed by atoms with Gasteiger partial charge in [0.25, 0.3) is 11.5 Å². The first-order valence-electron chi connectivity index (χ1n) is 8.17. The molecule has 0 radical (unpaired) electrons. The van der Waals surface area contributed by atoms with E-state index >= 15 is 0 Å². The van der Waals surface area contributed by atoms with E-state index in [1.165, 1.54) is 24.3 Å². The molecule has 3 rings (SSSR count). The summed E-state index contributed by atoms with van der Waals surface area (Å²) < 4.78 is 14.4. The third-order valence-electron chi connectivity index (χ3n) is 3.89. The molecule has 1 amide bonds. The lowest BCUT2D eigenvalue weighted by molar-refractivity contribution is 0.0943. The predicted octanol–water partition coefficient (Wildman–Crippen LogP) is 2.67. The van der Waals surface area contributed by atoms with Crippen molar-refractivity contribution in [3.63, 3.8) is 0 Å². The third kappa shape index (κ3) is 4.42. The Labute approximate surface area is 150 Å². The van der Waals surface area contributed by atoms with Crippen LogP contribution in [0.1, 0.15) is 27.2 Å². The Balaban J connectivity index is 1.72. The van der Waals surface area contributed by atoms with Gasteiger partial charge in [-0.05, 0) is 36.2 Å². The first-order valence-corrected chi connectivity index (χ1v) is 8.17. The molecule has 0 bridgehead atoms. The van der Waals surface area contributed by atoms with Crippen LogP contribution in [0.3, 0.4) is 0 Å². The second-order valence-corrected chi connectivity index (χ2v) is 6.01. The SMILES string of the molecule is Cc1ccc(CNC(=O)c2ccc(=O)n(Cc3cccc(F)c3)n2)cc1. The molecule has 1 N–H and O–H groups in total. The first-order chi connectivity index (χ1) is 12.5. The largest absolute Gasteiger partial charge is 0.347 e. The Morgan fingerprint density at radius 1 is 1.08 bits per heavy atom. The minimum atomic E-state index is -0.387. The fourth-order valence-electron chi connectivity index (χ4n) is 2.47. The van der Waals surface area contributed by atoms with E-state index in [4.69, 9.17) is 0 Å². The van der Waals surface area contributed by atoms with Crippen LogP contribution in [0.4, 0.5) is 4.39 Å². The highest BCUT2D eigenvalue weighted by Crippen LogP contribution is 2.05. The molecule has 6 heteroatoms. The van der Waals surface area contributed by atoms with E-state index in [0.29, 0.717) is 12.1 Å². The van der Waals surface area contributed by atoms with Gasteiger partial charge in [0.2, 0.25) is 0 Å². The standard InChI is InChI=1S/C20H18FN3O2/c1-14-5-7-15(8-6-14)12-22-20(26)18-9-10-19(25)24(23-18)13-16-3-2-4-17(21)11-16/h2-11H,12-13H2,1H3,(H,22,26). The maximum Gasteiger partial charge on any atom is 0.271 e. The second kappa shape index (κ2) is 7.74. The lowest BCUT2D eigenvalue weighted by Crippen LogP contribution is -2.29. The number of nitrogens with one attached hydrogen (secondary N) is 1. The molecular formula is C20H18FN3O2. The average Bonchev–Trinajstić information content (AvgIpc) is 2.63. The van der Waals surface area contributed by atoms with Crippen LogP contribution in [-0.4, -0.2) is 15.7 Å². The van der Waals surface area contributed by atoms with E-state index < -0.39 is 0 Å². The van der Waals surface area contributed by atoms with E-state index in [2.05, 4.69) is 10.4 Å². The smallest absolute Gasteiger partial charge is 0.271 e. The normalized spacial score (nSPS) is 10.5. The number of hydrogen-bond acceptors (Lipinski definition) is 3. The van der Waals surface area contributed by atoms with Crippen molar-refractivity contribution in [2.45, 2.75) is 20.0 Å². The predicted molar refractivity (Wildman–Crippen MR) is 96.3 cm³/mol. The highest BCUT2D eigenvalue weighted by Gasteiger charge is 2.10. The van der Waals surface area contributed by atoms with Gasteiger partial charge in [-0.3, -0.25) is 9.59 Å². The van der Waals surface area contributed by atoms with Crippen molar-refractivity contribution < 1.29 is 9.18 Å². The summed E-state index contributed by atoms with van der Waals surface area (Å²) in [5, 5.41) is 6.87. The Kier molecular flexibility index (Phi) is 5.22. The van der Waals surface area contributed by atoms with Gasteiger partial charge in [0.15, 0.2) is 0 Å². The number of halogens is 1. The van der Waals surface area contributed by atoms with E-state index in [1.807, 2.05) is 31.2 Å². The Morgan fingerprint density at radius 3 is 2.58 bits per heavy atom. The maximum atomic E-state index is 13.3. The summed E-state index contributed by atoms with van der Waals surface area (Å²) in [5.41, 5.74) is 2.48. The van der Waals surface area contributed by atoms with Crippen molar-refractivity contribution in [2.24, 2.45) is 0 Å². The quantitative estimate of drug-likeness (QED) is 0.769. The third-order valence-corrected chi connectivity index (χ3v) is 3.89. The molecule has 0 aliphatic carbocycles. The molecule has 1 aromatic heterocycles. The van der Waals surface area contributed by atoms with Crippen molar-refractivity contribution in [2.75, 3.05) is 0 Å². The molecule has 0 spiro atoms. The van der Waals surface area contributed by atoms with Gasteiger partial charge in [0, 0.05) is 12.6 Å². The van der Waals surface area contributed by atoms with Crippen LogP contribution >= 0.6 is 0 Å². The van der Waals surface area contributed by atoms with E-state index in [1.54, 1.807) is 12.1 Å². The van der Waals surface area contributed by atoms with E-state index in [0.717, 1.165) is 15.8 Å². The maximum absolute atomic E-state index is 13.3. The van der Waals surface area contributed by atoms with Gasteiger partial charge in [0.05, 0.1) is 6.54 Å². The fraction of sp³-hybridized carbons (Fsp3) is 0.150. The van der Waals surface area contributed by atoms with Crippen molar-refractivity contribution in [1.29, 1.82) is 0 Å².